The van der Waals surface area contributed by atoms with Crippen LogP contribution in [0, 0.1) is 13.8 Å². The van der Waals surface area contributed by atoms with Crippen molar-refractivity contribution in [3.63, 3.8) is 0 Å². The van der Waals surface area contributed by atoms with E-state index in [0.29, 0.717) is 5.82 Å². The summed E-state index contributed by atoms with van der Waals surface area (Å²) in [5, 5.41) is 7.58. The van der Waals surface area contributed by atoms with E-state index in [9.17, 15) is 0 Å². The van der Waals surface area contributed by atoms with Crippen molar-refractivity contribution in [3.8, 4) is 5.82 Å². The first kappa shape index (κ1) is 12.3. The molecule has 2 heterocycles. The lowest BCUT2D eigenvalue weighted by Gasteiger charge is -2.06. The normalized spacial score (nSPS) is 11.2. The topological polar surface area (TPSA) is 56.5 Å². The molecule has 3 rings (SSSR count). The number of hydrogen-bond acceptors (Lipinski definition) is 4. The molecule has 0 aliphatic heterocycles. The highest BCUT2D eigenvalue weighted by Crippen LogP contribution is 2.24. The Morgan fingerprint density at radius 2 is 1.79 bits per heavy atom. The molecule has 0 saturated heterocycles. The average Bonchev–Trinajstić information content (AvgIpc) is 2.76. The Bertz CT molecular complexity index is 781. The number of benzene rings is 1. The number of hydrogen-bond donors (Lipinski definition) is 0. The highest BCUT2D eigenvalue weighted by atomic mass is 35.5. The SMILES string of the molecule is Cc1cc2ncn(-c3nc(Cl)nnc3Cl)c2cc1C. The van der Waals surface area contributed by atoms with Crippen LogP contribution in [0.1, 0.15) is 11.1 Å². The van der Waals surface area contributed by atoms with Crippen LogP contribution < -0.4 is 0 Å². The lowest BCUT2D eigenvalue weighted by molar-refractivity contribution is 0.910. The summed E-state index contributed by atoms with van der Waals surface area (Å²) in [6, 6.07) is 4.05. The van der Waals surface area contributed by atoms with Crippen LogP contribution in [0.15, 0.2) is 18.5 Å². The Morgan fingerprint density at radius 1 is 1.05 bits per heavy atom. The monoisotopic (exact) mass is 293 g/mol. The van der Waals surface area contributed by atoms with Gasteiger partial charge in [0.05, 0.1) is 11.0 Å². The molecule has 0 aliphatic rings. The minimum absolute atomic E-state index is 0.0464. The smallest absolute Gasteiger partial charge is 0.245 e. The van der Waals surface area contributed by atoms with E-state index in [4.69, 9.17) is 23.2 Å². The van der Waals surface area contributed by atoms with Gasteiger partial charge in [0.1, 0.15) is 6.33 Å². The Morgan fingerprint density at radius 3 is 2.58 bits per heavy atom. The second-order valence-corrected chi connectivity index (χ2v) is 4.93. The van der Waals surface area contributed by atoms with Gasteiger partial charge in [-0.25, -0.2) is 4.98 Å². The molecule has 0 unspecified atom stereocenters. The van der Waals surface area contributed by atoms with E-state index in [1.807, 2.05) is 26.0 Å². The number of aryl methyl sites for hydroxylation is 2. The van der Waals surface area contributed by atoms with Gasteiger partial charge in [-0.05, 0) is 48.7 Å². The molecule has 0 radical (unpaired) electrons. The maximum Gasteiger partial charge on any atom is 0.245 e. The first-order chi connectivity index (χ1) is 9.06. The van der Waals surface area contributed by atoms with Crippen molar-refractivity contribution in [1.29, 1.82) is 0 Å². The van der Waals surface area contributed by atoms with Crippen LogP contribution in [0.3, 0.4) is 0 Å². The van der Waals surface area contributed by atoms with Crippen molar-refractivity contribution in [2.75, 3.05) is 0 Å². The number of aromatic nitrogens is 5. The van der Waals surface area contributed by atoms with E-state index in [2.05, 4.69) is 20.2 Å². The molecule has 0 saturated carbocycles. The summed E-state index contributed by atoms with van der Waals surface area (Å²) in [5.41, 5.74) is 4.12. The quantitative estimate of drug-likeness (QED) is 0.692. The van der Waals surface area contributed by atoms with Crippen LogP contribution in [0.5, 0.6) is 0 Å². The lowest BCUT2D eigenvalue weighted by atomic mass is 10.1. The summed E-state index contributed by atoms with van der Waals surface area (Å²) in [4.78, 5) is 8.44. The molecule has 96 valence electrons. The van der Waals surface area contributed by atoms with Crippen molar-refractivity contribution in [3.05, 3.63) is 40.0 Å². The molecule has 1 aromatic carbocycles. The third-order valence-corrected chi connectivity index (χ3v) is 3.40. The van der Waals surface area contributed by atoms with Gasteiger partial charge in [0.15, 0.2) is 11.0 Å². The van der Waals surface area contributed by atoms with Gasteiger partial charge in [-0.2, -0.15) is 4.98 Å². The summed E-state index contributed by atoms with van der Waals surface area (Å²) in [6.45, 7) is 4.09. The lowest BCUT2D eigenvalue weighted by Crippen LogP contribution is -2.01. The minimum Gasteiger partial charge on any atom is -0.280 e. The Hall–Kier alpha value is -1.72. The van der Waals surface area contributed by atoms with E-state index in [-0.39, 0.29) is 10.4 Å². The molecule has 0 amide bonds. The van der Waals surface area contributed by atoms with Crippen molar-refractivity contribution in [2.24, 2.45) is 0 Å². The average molecular weight is 294 g/mol. The highest BCUT2D eigenvalue weighted by molar-refractivity contribution is 6.31. The standard InChI is InChI=1S/C12H9Cl2N5/c1-6-3-8-9(4-7(6)2)19(5-15-8)11-10(13)17-18-12(14)16-11/h3-5H,1-2H3. The fraction of sp³-hybridized carbons (Fsp3) is 0.167. The number of nitrogens with zero attached hydrogens (tertiary/aromatic N) is 5. The Kier molecular flexibility index (Phi) is 2.88. The van der Waals surface area contributed by atoms with E-state index >= 15 is 0 Å². The van der Waals surface area contributed by atoms with Gasteiger partial charge in [0.2, 0.25) is 5.28 Å². The Balaban J connectivity index is 2.31. The third-order valence-electron chi connectivity index (χ3n) is 2.99. The van der Waals surface area contributed by atoms with Crippen molar-refractivity contribution in [2.45, 2.75) is 13.8 Å². The fourth-order valence-electron chi connectivity index (χ4n) is 1.87. The molecule has 0 atom stereocenters. The van der Waals surface area contributed by atoms with Gasteiger partial charge < -0.3 is 0 Å². The summed E-state index contributed by atoms with van der Waals surface area (Å²) in [5.74, 6) is 0.424. The van der Waals surface area contributed by atoms with Crippen molar-refractivity contribution in [1.82, 2.24) is 24.7 Å². The van der Waals surface area contributed by atoms with Gasteiger partial charge in [-0.3, -0.25) is 4.57 Å². The molecular weight excluding hydrogens is 285 g/mol. The molecule has 7 heteroatoms. The number of fused-ring (bicyclic) bond motifs is 1. The van der Waals surface area contributed by atoms with Crippen LogP contribution >= 0.6 is 23.2 Å². The van der Waals surface area contributed by atoms with Gasteiger partial charge in [-0.15, -0.1) is 10.2 Å². The molecule has 2 aromatic heterocycles. The fourth-order valence-corrected chi connectivity index (χ4v) is 2.16. The Labute approximate surface area is 119 Å². The second-order valence-electron chi connectivity index (χ2n) is 4.24. The molecule has 0 N–H and O–H groups in total. The van der Waals surface area contributed by atoms with Gasteiger partial charge in [0, 0.05) is 0 Å². The van der Waals surface area contributed by atoms with Crippen LogP contribution in [-0.2, 0) is 0 Å². The first-order valence-corrected chi connectivity index (χ1v) is 6.32. The molecule has 5 nitrogen and oxygen atoms in total. The third kappa shape index (κ3) is 2.05. The van der Waals surface area contributed by atoms with E-state index in [1.54, 1.807) is 10.9 Å². The van der Waals surface area contributed by atoms with Crippen LogP contribution in [-0.4, -0.2) is 24.7 Å². The summed E-state index contributed by atoms with van der Waals surface area (Å²) < 4.78 is 1.75. The molecule has 0 bridgehead atoms. The van der Waals surface area contributed by atoms with Gasteiger partial charge in [-0.1, -0.05) is 11.6 Å². The van der Waals surface area contributed by atoms with Gasteiger partial charge >= 0.3 is 0 Å². The second kappa shape index (κ2) is 4.43. The largest absolute Gasteiger partial charge is 0.280 e. The van der Waals surface area contributed by atoms with Crippen LogP contribution in [0.4, 0.5) is 0 Å². The van der Waals surface area contributed by atoms with Crippen molar-refractivity contribution < 1.29 is 0 Å². The molecular formula is C12H9Cl2N5. The van der Waals surface area contributed by atoms with Crippen LogP contribution in [0.2, 0.25) is 10.4 Å². The first-order valence-electron chi connectivity index (χ1n) is 5.56. The zero-order chi connectivity index (χ0) is 13.6. The van der Waals surface area contributed by atoms with E-state index in [1.165, 1.54) is 11.1 Å². The molecule has 0 spiro atoms. The van der Waals surface area contributed by atoms with Crippen molar-refractivity contribution >= 4 is 34.2 Å². The zero-order valence-electron chi connectivity index (χ0n) is 10.2. The maximum atomic E-state index is 6.02. The summed E-state index contributed by atoms with van der Waals surface area (Å²) in [7, 11) is 0. The van der Waals surface area contributed by atoms with E-state index < -0.39 is 0 Å². The van der Waals surface area contributed by atoms with Gasteiger partial charge in [0.25, 0.3) is 0 Å². The molecule has 0 fully saturated rings. The number of rotatable bonds is 1. The predicted octanol–water partition coefficient (Wildman–Crippen LogP) is 3.13. The van der Waals surface area contributed by atoms with Crippen LogP contribution in [0.25, 0.3) is 16.9 Å². The maximum absolute atomic E-state index is 6.02. The minimum atomic E-state index is 0.0464. The summed E-state index contributed by atoms with van der Waals surface area (Å²) >= 11 is 11.8. The molecule has 19 heavy (non-hydrogen) atoms. The predicted molar refractivity (Wildman–Crippen MR) is 73.9 cm³/mol. The molecule has 0 aliphatic carbocycles. The summed E-state index contributed by atoms with van der Waals surface area (Å²) in [6.07, 6.45) is 1.65. The number of imidazole rings is 1. The highest BCUT2D eigenvalue weighted by Gasteiger charge is 2.12. The number of halogens is 2. The molecule has 3 aromatic rings. The zero-order valence-corrected chi connectivity index (χ0v) is 11.7. The van der Waals surface area contributed by atoms with E-state index in [0.717, 1.165) is 11.0 Å².